The van der Waals surface area contributed by atoms with E-state index in [1.54, 1.807) is 20.8 Å². The number of piperazine rings is 1. The van der Waals surface area contributed by atoms with Crippen LogP contribution in [0.15, 0.2) is 18.2 Å². The van der Waals surface area contributed by atoms with Crippen LogP contribution in [0.1, 0.15) is 43.5 Å². The van der Waals surface area contributed by atoms with Crippen molar-refractivity contribution < 1.29 is 35.9 Å². The van der Waals surface area contributed by atoms with E-state index in [4.69, 9.17) is 4.74 Å². The molecule has 1 saturated heterocycles. The minimum atomic E-state index is -4.92. The Morgan fingerprint density at radius 1 is 1.04 bits per heavy atom. The first-order valence-corrected chi connectivity index (χ1v) is 8.17. The van der Waals surface area contributed by atoms with Crippen molar-refractivity contribution in [2.24, 2.45) is 0 Å². The van der Waals surface area contributed by atoms with Crippen LogP contribution in [0.5, 0.6) is 0 Å². The van der Waals surface area contributed by atoms with E-state index in [1.807, 2.05) is 0 Å². The predicted molar refractivity (Wildman–Crippen MR) is 85.0 cm³/mol. The summed E-state index contributed by atoms with van der Waals surface area (Å²) < 4.78 is 83.3. The van der Waals surface area contributed by atoms with Crippen LogP contribution < -0.4 is 5.32 Å². The lowest BCUT2D eigenvalue weighted by molar-refractivity contribution is -0.143. The fraction of sp³-hybridized carbons (Fsp3) is 0.588. The third kappa shape index (κ3) is 5.75. The van der Waals surface area contributed by atoms with Crippen molar-refractivity contribution in [3.05, 3.63) is 34.9 Å². The Labute approximate surface area is 152 Å². The van der Waals surface area contributed by atoms with Crippen molar-refractivity contribution in [3.8, 4) is 0 Å². The number of benzene rings is 1. The van der Waals surface area contributed by atoms with Gasteiger partial charge in [0.25, 0.3) is 0 Å². The molecular weight excluding hydrogens is 378 g/mol. The second-order valence-electron chi connectivity index (χ2n) is 7.27. The van der Waals surface area contributed by atoms with Crippen molar-refractivity contribution >= 4 is 6.09 Å². The average molecular weight is 398 g/mol. The Kier molecular flexibility index (Phi) is 5.70. The van der Waals surface area contributed by atoms with Gasteiger partial charge in [0.15, 0.2) is 0 Å². The molecule has 0 aliphatic carbocycles. The summed E-state index contributed by atoms with van der Waals surface area (Å²) in [5.74, 6) is 0. The summed E-state index contributed by atoms with van der Waals surface area (Å²) in [4.78, 5) is 13.4. The molecule has 10 heteroatoms. The van der Waals surface area contributed by atoms with Crippen LogP contribution >= 0.6 is 0 Å². The van der Waals surface area contributed by atoms with Gasteiger partial charge in [0, 0.05) is 19.6 Å². The first-order chi connectivity index (χ1) is 12.2. The summed E-state index contributed by atoms with van der Waals surface area (Å²) in [5.41, 5.74) is -3.73. The fourth-order valence-electron chi connectivity index (χ4n) is 2.65. The molecule has 27 heavy (non-hydrogen) atoms. The van der Waals surface area contributed by atoms with Crippen LogP contribution in [0.3, 0.4) is 0 Å². The Morgan fingerprint density at radius 3 is 2.00 bits per heavy atom. The van der Waals surface area contributed by atoms with Gasteiger partial charge in [-0.05, 0) is 44.5 Å². The highest BCUT2D eigenvalue weighted by Gasteiger charge is 2.38. The third-order valence-electron chi connectivity index (χ3n) is 3.84. The van der Waals surface area contributed by atoms with Gasteiger partial charge >= 0.3 is 18.4 Å². The van der Waals surface area contributed by atoms with Crippen molar-refractivity contribution in [1.82, 2.24) is 10.2 Å². The Morgan fingerprint density at radius 2 is 1.56 bits per heavy atom. The number of amides is 1. The van der Waals surface area contributed by atoms with E-state index < -0.39 is 41.2 Å². The van der Waals surface area contributed by atoms with E-state index in [9.17, 15) is 31.1 Å². The number of carbonyl (C=O) groups excluding carboxylic acids is 1. The van der Waals surface area contributed by atoms with Gasteiger partial charge in [-0.3, -0.25) is 0 Å². The number of carbonyl (C=O) groups is 1. The predicted octanol–water partition coefficient (Wildman–Crippen LogP) is 4.61. The molecule has 2 rings (SSSR count). The smallest absolute Gasteiger partial charge is 0.416 e. The van der Waals surface area contributed by atoms with Gasteiger partial charge in [0.1, 0.15) is 5.60 Å². The minimum Gasteiger partial charge on any atom is -0.444 e. The number of alkyl halides is 6. The van der Waals surface area contributed by atoms with E-state index in [2.05, 4.69) is 5.32 Å². The molecule has 1 aliphatic rings. The summed E-state index contributed by atoms with van der Waals surface area (Å²) in [6.45, 7) is 5.32. The van der Waals surface area contributed by atoms with Crippen LogP contribution in [0.25, 0.3) is 0 Å². The zero-order valence-electron chi connectivity index (χ0n) is 15.0. The van der Waals surface area contributed by atoms with Gasteiger partial charge in [0.2, 0.25) is 0 Å². The number of hydrogen-bond acceptors (Lipinski definition) is 3. The molecule has 0 bridgehead atoms. The molecule has 0 spiro atoms. The summed E-state index contributed by atoms with van der Waals surface area (Å²) in [6.07, 6.45) is -10.5. The third-order valence-corrected chi connectivity index (χ3v) is 3.84. The second kappa shape index (κ2) is 7.21. The molecule has 0 saturated carbocycles. The van der Waals surface area contributed by atoms with Crippen molar-refractivity contribution in [2.75, 3.05) is 19.6 Å². The highest BCUT2D eigenvalue weighted by Crippen LogP contribution is 2.37. The van der Waals surface area contributed by atoms with Crippen LogP contribution in [-0.2, 0) is 17.1 Å². The SMILES string of the molecule is CC(C)(C)OC(=O)N1CCN[C@@H](c2cc(C(F)(F)F)cc(C(F)(F)F)c2)C1. The lowest BCUT2D eigenvalue weighted by Crippen LogP contribution is -2.49. The topological polar surface area (TPSA) is 41.6 Å². The number of nitrogens with one attached hydrogen (secondary N) is 1. The molecule has 1 N–H and O–H groups in total. The summed E-state index contributed by atoms with van der Waals surface area (Å²) in [5, 5.41) is 2.86. The van der Waals surface area contributed by atoms with Gasteiger partial charge in [-0.25, -0.2) is 4.79 Å². The van der Waals surface area contributed by atoms with Crippen molar-refractivity contribution in [3.63, 3.8) is 0 Å². The van der Waals surface area contributed by atoms with Crippen LogP contribution in [-0.4, -0.2) is 36.2 Å². The molecule has 4 nitrogen and oxygen atoms in total. The standard InChI is InChI=1S/C17H20F6N2O2/c1-15(2,3)27-14(26)25-5-4-24-13(9-25)10-6-11(16(18,19)20)8-12(7-10)17(21,22)23/h6-8,13,24H,4-5,9H2,1-3H3/t13-/m1/s1. The molecule has 0 unspecified atom stereocenters. The number of halogens is 6. The molecule has 1 heterocycles. The molecule has 1 fully saturated rings. The summed E-state index contributed by atoms with van der Waals surface area (Å²) in [6, 6.07) is 0.546. The number of rotatable bonds is 1. The zero-order valence-corrected chi connectivity index (χ0v) is 15.0. The lowest BCUT2D eigenvalue weighted by atomic mass is 9.98. The maximum Gasteiger partial charge on any atom is 0.416 e. The second-order valence-corrected chi connectivity index (χ2v) is 7.27. The minimum absolute atomic E-state index is 0.0813. The summed E-state index contributed by atoms with van der Waals surface area (Å²) in [7, 11) is 0. The molecule has 0 aromatic heterocycles. The number of hydrogen-bond donors (Lipinski definition) is 1. The van der Waals surface area contributed by atoms with Crippen LogP contribution in [0.4, 0.5) is 31.1 Å². The van der Waals surface area contributed by atoms with E-state index in [1.165, 1.54) is 4.90 Å². The maximum atomic E-state index is 13.0. The Balaban J connectivity index is 2.32. The van der Waals surface area contributed by atoms with Gasteiger partial charge in [-0.15, -0.1) is 0 Å². The zero-order chi connectivity index (χ0) is 20.6. The normalized spacial score (nSPS) is 19.1. The molecule has 152 valence electrons. The molecular formula is C17H20F6N2O2. The molecule has 1 amide bonds. The van der Waals surface area contributed by atoms with Crippen LogP contribution in [0.2, 0.25) is 0 Å². The first kappa shape index (κ1) is 21.3. The van der Waals surface area contributed by atoms with Gasteiger partial charge in [-0.2, -0.15) is 26.3 Å². The fourth-order valence-corrected chi connectivity index (χ4v) is 2.65. The molecule has 1 aliphatic heterocycles. The highest BCUT2D eigenvalue weighted by molar-refractivity contribution is 5.68. The van der Waals surface area contributed by atoms with Crippen molar-refractivity contribution in [2.45, 2.75) is 44.8 Å². The van der Waals surface area contributed by atoms with E-state index in [0.717, 1.165) is 0 Å². The maximum absolute atomic E-state index is 13.0. The van der Waals surface area contributed by atoms with E-state index >= 15 is 0 Å². The first-order valence-electron chi connectivity index (χ1n) is 8.17. The van der Waals surface area contributed by atoms with Gasteiger partial charge in [0.05, 0.1) is 17.2 Å². The van der Waals surface area contributed by atoms with Gasteiger partial charge < -0.3 is 15.0 Å². The van der Waals surface area contributed by atoms with E-state index in [-0.39, 0.29) is 31.3 Å². The molecule has 1 atom stereocenters. The molecule has 1 aromatic rings. The molecule has 1 aromatic carbocycles. The van der Waals surface area contributed by atoms with E-state index in [0.29, 0.717) is 12.1 Å². The largest absolute Gasteiger partial charge is 0.444 e. The quantitative estimate of drug-likeness (QED) is 0.703. The van der Waals surface area contributed by atoms with Crippen molar-refractivity contribution in [1.29, 1.82) is 0 Å². The van der Waals surface area contributed by atoms with Gasteiger partial charge in [-0.1, -0.05) is 0 Å². The Hall–Kier alpha value is -1.97. The average Bonchev–Trinajstić information content (AvgIpc) is 2.51. The summed E-state index contributed by atoms with van der Waals surface area (Å²) >= 11 is 0. The lowest BCUT2D eigenvalue weighted by Gasteiger charge is -2.35. The monoisotopic (exact) mass is 398 g/mol. The Bertz CT molecular complexity index is 662. The highest BCUT2D eigenvalue weighted by atomic mass is 19.4. The molecule has 0 radical (unpaired) electrons. The number of nitrogens with zero attached hydrogens (tertiary/aromatic N) is 1. The van der Waals surface area contributed by atoms with Crippen LogP contribution in [0, 0.1) is 0 Å². The number of ether oxygens (including phenoxy) is 1.